The first-order valence-corrected chi connectivity index (χ1v) is 3.97. The fourth-order valence-electron chi connectivity index (χ4n) is 0.980. The van der Waals surface area contributed by atoms with Crippen LogP contribution >= 0.6 is 0 Å². The van der Waals surface area contributed by atoms with E-state index < -0.39 is 23.3 Å². The smallest absolute Gasteiger partial charge is 0.343 e. The molecular formula is C9H14O4. The summed E-state index contributed by atoms with van der Waals surface area (Å²) in [5.41, 5.74) is -2.31. The fourth-order valence-corrected chi connectivity index (χ4v) is 0.980. The maximum atomic E-state index is 11.3. The van der Waals surface area contributed by atoms with Gasteiger partial charge in [-0.2, -0.15) is 0 Å². The molecule has 4 heteroatoms. The third kappa shape index (κ3) is 2.39. The number of rotatable bonds is 5. The van der Waals surface area contributed by atoms with E-state index in [-0.39, 0.29) is 6.42 Å². The maximum absolute atomic E-state index is 11.3. The molecule has 0 aliphatic carbocycles. The van der Waals surface area contributed by atoms with Crippen LogP contribution in [0.4, 0.5) is 0 Å². The van der Waals surface area contributed by atoms with Crippen molar-refractivity contribution in [1.82, 2.24) is 0 Å². The Labute approximate surface area is 76.9 Å². The topological polar surface area (TPSA) is 74.6 Å². The number of aliphatic carboxylic acids is 1. The molecule has 0 saturated carbocycles. The van der Waals surface area contributed by atoms with E-state index in [1.807, 2.05) is 0 Å². The first-order valence-electron chi connectivity index (χ1n) is 3.97. The van der Waals surface area contributed by atoms with Crippen molar-refractivity contribution in [3.05, 3.63) is 12.7 Å². The van der Waals surface area contributed by atoms with Gasteiger partial charge in [-0.1, -0.05) is 19.9 Å². The highest BCUT2D eigenvalue weighted by molar-refractivity contribution is 6.07. The fraction of sp³-hybridized carbons (Fsp3) is 0.556. The van der Waals surface area contributed by atoms with E-state index in [1.165, 1.54) is 6.08 Å². The summed E-state index contributed by atoms with van der Waals surface area (Å²) in [6.07, 6.45) is 0.952. The Morgan fingerprint density at radius 2 is 2.00 bits per heavy atom. The highest BCUT2D eigenvalue weighted by atomic mass is 16.4. The van der Waals surface area contributed by atoms with E-state index in [0.717, 1.165) is 0 Å². The third-order valence-corrected chi connectivity index (χ3v) is 1.73. The van der Waals surface area contributed by atoms with Crippen LogP contribution in [0, 0.1) is 5.92 Å². The van der Waals surface area contributed by atoms with Crippen LogP contribution in [0.25, 0.3) is 0 Å². The minimum atomic E-state index is -2.31. The molecule has 0 bridgehead atoms. The van der Waals surface area contributed by atoms with Gasteiger partial charge in [0, 0.05) is 12.3 Å². The zero-order chi connectivity index (χ0) is 10.6. The molecule has 0 unspecified atom stereocenters. The van der Waals surface area contributed by atoms with Crippen molar-refractivity contribution in [2.45, 2.75) is 25.9 Å². The van der Waals surface area contributed by atoms with Crippen LogP contribution in [-0.2, 0) is 9.59 Å². The van der Waals surface area contributed by atoms with Gasteiger partial charge in [0.2, 0.25) is 5.60 Å². The van der Waals surface area contributed by atoms with Gasteiger partial charge in [0.05, 0.1) is 0 Å². The van der Waals surface area contributed by atoms with E-state index in [0.29, 0.717) is 0 Å². The number of Topliss-reactive ketones (excluding diaryl/α,β-unsaturated/α-hetero) is 1. The minimum Gasteiger partial charge on any atom is -0.479 e. The van der Waals surface area contributed by atoms with Crippen LogP contribution in [0.1, 0.15) is 20.3 Å². The minimum absolute atomic E-state index is 0.265. The number of hydrogen-bond donors (Lipinski definition) is 2. The summed E-state index contributed by atoms with van der Waals surface area (Å²) >= 11 is 0. The maximum Gasteiger partial charge on any atom is 0.343 e. The van der Waals surface area contributed by atoms with Gasteiger partial charge in [0.1, 0.15) is 0 Å². The Morgan fingerprint density at radius 3 is 2.23 bits per heavy atom. The van der Waals surface area contributed by atoms with Crippen molar-refractivity contribution >= 4 is 11.8 Å². The van der Waals surface area contributed by atoms with Gasteiger partial charge in [0.25, 0.3) is 0 Å². The summed E-state index contributed by atoms with van der Waals surface area (Å²) in [4.78, 5) is 22.0. The van der Waals surface area contributed by atoms with E-state index in [4.69, 9.17) is 5.11 Å². The van der Waals surface area contributed by atoms with Crippen LogP contribution in [0.3, 0.4) is 0 Å². The molecule has 0 amide bonds. The Bertz CT molecular complexity index is 232. The Balaban J connectivity index is 4.89. The van der Waals surface area contributed by atoms with Gasteiger partial charge in [0.15, 0.2) is 5.78 Å². The van der Waals surface area contributed by atoms with E-state index in [1.54, 1.807) is 13.8 Å². The van der Waals surface area contributed by atoms with Gasteiger partial charge < -0.3 is 10.2 Å². The summed E-state index contributed by atoms with van der Waals surface area (Å²) in [6, 6.07) is 0. The molecule has 1 atom stereocenters. The van der Waals surface area contributed by atoms with Crippen LogP contribution in [-0.4, -0.2) is 27.6 Å². The highest BCUT2D eigenvalue weighted by Crippen LogP contribution is 2.17. The Morgan fingerprint density at radius 1 is 1.54 bits per heavy atom. The van der Waals surface area contributed by atoms with E-state index in [2.05, 4.69) is 6.58 Å². The lowest BCUT2D eigenvalue weighted by atomic mass is 9.88. The molecule has 0 fully saturated rings. The Kier molecular flexibility index (Phi) is 3.81. The van der Waals surface area contributed by atoms with E-state index >= 15 is 0 Å². The molecule has 0 radical (unpaired) electrons. The second-order valence-corrected chi connectivity index (χ2v) is 3.18. The first kappa shape index (κ1) is 11.8. The lowest BCUT2D eigenvalue weighted by molar-refractivity contribution is -0.166. The second-order valence-electron chi connectivity index (χ2n) is 3.18. The average molecular weight is 186 g/mol. The summed E-state index contributed by atoms with van der Waals surface area (Å²) in [5.74, 6) is -2.73. The van der Waals surface area contributed by atoms with Gasteiger partial charge in [-0.05, 0) is 0 Å². The molecule has 4 nitrogen and oxygen atoms in total. The molecule has 0 aliphatic heterocycles. The molecule has 2 N–H and O–H groups in total. The van der Waals surface area contributed by atoms with Crippen LogP contribution in [0.2, 0.25) is 0 Å². The SMILES string of the molecule is C=CC[C@@](O)(C(=O)O)C(=O)C(C)C. The highest BCUT2D eigenvalue weighted by Gasteiger charge is 2.43. The number of carboxylic acids is 1. The predicted molar refractivity (Wildman–Crippen MR) is 47.2 cm³/mol. The van der Waals surface area contributed by atoms with Crippen LogP contribution < -0.4 is 0 Å². The number of hydrogen-bond acceptors (Lipinski definition) is 3. The van der Waals surface area contributed by atoms with Crippen molar-refractivity contribution in [2.75, 3.05) is 0 Å². The molecule has 0 rings (SSSR count). The monoisotopic (exact) mass is 186 g/mol. The number of carboxylic acid groups (broad SMARTS) is 1. The van der Waals surface area contributed by atoms with Crippen molar-refractivity contribution in [2.24, 2.45) is 5.92 Å². The molecule has 13 heavy (non-hydrogen) atoms. The zero-order valence-corrected chi connectivity index (χ0v) is 7.78. The summed E-state index contributed by atoms with van der Waals surface area (Å²) in [7, 11) is 0. The van der Waals surface area contributed by atoms with Crippen LogP contribution in [0.15, 0.2) is 12.7 Å². The largest absolute Gasteiger partial charge is 0.479 e. The molecular weight excluding hydrogens is 172 g/mol. The molecule has 0 saturated heterocycles. The predicted octanol–water partition coefficient (Wildman–Crippen LogP) is 0.603. The van der Waals surface area contributed by atoms with Gasteiger partial charge in [-0.25, -0.2) is 4.79 Å². The quantitative estimate of drug-likeness (QED) is 0.487. The summed E-state index contributed by atoms with van der Waals surface area (Å²) in [5, 5.41) is 18.2. The molecule has 0 aromatic carbocycles. The van der Waals surface area contributed by atoms with Gasteiger partial charge in [-0.15, -0.1) is 6.58 Å². The number of aliphatic hydroxyl groups is 1. The molecule has 0 aromatic heterocycles. The standard InChI is InChI=1S/C9H14O4/c1-4-5-9(13,8(11)12)7(10)6(2)3/h4,6,13H,1,5H2,2-3H3,(H,11,12)/t9-/m0/s1. The average Bonchev–Trinajstić information content (AvgIpc) is 2.02. The second kappa shape index (κ2) is 4.18. The first-order chi connectivity index (χ1) is 5.86. The van der Waals surface area contributed by atoms with Crippen molar-refractivity contribution < 1.29 is 19.8 Å². The van der Waals surface area contributed by atoms with Crippen molar-refractivity contribution in [3.8, 4) is 0 Å². The van der Waals surface area contributed by atoms with Crippen molar-refractivity contribution in [1.29, 1.82) is 0 Å². The lowest BCUT2D eigenvalue weighted by Crippen LogP contribution is -2.48. The number of carbonyl (C=O) groups excluding carboxylic acids is 1. The van der Waals surface area contributed by atoms with E-state index in [9.17, 15) is 14.7 Å². The molecule has 0 spiro atoms. The molecule has 0 aliphatic rings. The third-order valence-electron chi connectivity index (χ3n) is 1.73. The van der Waals surface area contributed by atoms with Gasteiger partial charge >= 0.3 is 5.97 Å². The lowest BCUT2D eigenvalue weighted by Gasteiger charge is -2.21. The number of carbonyl (C=O) groups is 2. The molecule has 0 heterocycles. The normalized spacial score (nSPS) is 15.1. The number of ketones is 1. The van der Waals surface area contributed by atoms with Crippen LogP contribution in [0.5, 0.6) is 0 Å². The molecule has 0 aromatic rings. The summed E-state index contributed by atoms with van der Waals surface area (Å²) in [6.45, 7) is 6.38. The van der Waals surface area contributed by atoms with Crippen molar-refractivity contribution in [3.63, 3.8) is 0 Å². The van der Waals surface area contributed by atoms with Gasteiger partial charge in [-0.3, -0.25) is 4.79 Å². The Hall–Kier alpha value is -1.16. The zero-order valence-electron chi connectivity index (χ0n) is 7.78. The summed E-state index contributed by atoms with van der Waals surface area (Å²) < 4.78 is 0. The molecule has 74 valence electrons.